The fourth-order valence-electron chi connectivity index (χ4n) is 2.68. The fourth-order valence-corrected chi connectivity index (χ4v) is 3.92. The number of rotatable bonds is 7. The summed E-state index contributed by atoms with van der Waals surface area (Å²) in [5, 5.41) is -0.302. The largest absolute Gasteiger partial charge is 0.493 e. The lowest BCUT2D eigenvalue weighted by molar-refractivity contribution is -0.123. The van der Waals surface area contributed by atoms with Crippen molar-refractivity contribution >= 4 is 44.9 Å². The second kappa shape index (κ2) is 9.12. The van der Waals surface area contributed by atoms with E-state index in [9.17, 15) is 9.59 Å². The molecule has 0 spiro atoms. The molecule has 1 saturated heterocycles. The minimum Gasteiger partial charge on any atom is -0.493 e. The summed E-state index contributed by atoms with van der Waals surface area (Å²) in [6.45, 7) is 4.15. The van der Waals surface area contributed by atoms with Crippen LogP contribution < -0.4 is 9.47 Å². The Morgan fingerprint density at radius 1 is 1.18 bits per heavy atom. The first-order valence-corrected chi connectivity index (χ1v) is 10.1. The summed E-state index contributed by atoms with van der Waals surface area (Å²) in [5.74, 6) is 0.716. The molecular formula is C21H18BrNO4S. The first-order valence-electron chi connectivity index (χ1n) is 8.44. The summed E-state index contributed by atoms with van der Waals surface area (Å²) in [7, 11) is 1.55. The molecule has 0 radical (unpaired) electrons. The van der Waals surface area contributed by atoms with Crippen molar-refractivity contribution in [3.8, 4) is 11.5 Å². The minimum atomic E-state index is -0.330. The maximum atomic E-state index is 12.8. The molecule has 2 aromatic carbocycles. The van der Waals surface area contributed by atoms with E-state index in [1.165, 1.54) is 4.90 Å². The Hall–Kier alpha value is -2.51. The van der Waals surface area contributed by atoms with Gasteiger partial charge in [0.1, 0.15) is 6.61 Å². The van der Waals surface area contributed by atoms with Gasteiger partial charge in [0.25, 0.3) is 11.1 Å². The Bertz CT molecular complexity index is 957. The van der Waals surface area contributed by atoms with Gasteiger partial charge in [-0.1, -0.05) is 58.9 Å². The molecule has 0 bridgehead atoms. The van der Waals surface area contributed by atoms with Gasteiger partial charge in [0.2, 0.25) is 0 Å². The topological polar surface area (TPSA) is 55.8 Å². The van der Waals surface area contributed by atoms with Crippen molar-refractivity contribution in [3.05, 3.63) is 75.6 Å². The molecule has 2 aromatic rings. The molecule has 5 nitrogen and oxygen atoms in total. The van der Waals surface area contributed by atoms with Crippen LogP contribution in [0.2, 0.25) is 0 Å². The van der Waals surface area contributed by atoms with Crippen molar-refractivity contribution in [2.75, 3.05) is 13.7 Å². The van der Waals surface area contributed by atoms with E-state index in [1.54, 1.807) is 31.4 Å². The molecule has 1 aliphatic rings. The molecule has 0 aliphatic carbocycles. The number of imide groups is 1. The quantitative estimate of drug-likeness (QED) is 0.417. The standard InChI is InChI=1S/C21H18BrNO4S/c1-3-11-27-19-14(8-6-10-17(19)26-2)12-18-20(24)23(21(25)28-18)13-15-7-4-5-9-16(15)22/h3-10,12H,1,11,13H2,2H3/b18-12-. The van der Waals surface area contributed by atoms with Crippen LogP contribution in [0.1, 0.15) is 11.1 Å². The highest BCUT2D eigenvalue weighted by molar-refractivity contribution is 9.10. The molecule has 1 heterocycles. The zero-order valence-corrected chi connectivity index (χ0v) is 17.6. The van der Waals surface area contributed by atoms with Gasteiger partial charge in [0, 0.05) is 10.0 Å². The number of thioether (sulfide) groups is 1. The van der Waals surface area contributed by atoms with Crippen LogP contribution in [-0.4, -0.2) is 29.8 Å². The number of carbonyl (C=O) groups is 2. The number of nitrogens with zero attached hydrogens (tertiary/aromatic N) is 1. The number of benzene rings is 2. The van der Waals surface area contributed by atoms with E-state index < -0.39 is 0 Å². The average molecular weight is 460 g/mol. The molecule has 0 N–H and O–H groups in total. The van der Waals surface area contributed by atoms with Crippen LogP contribution in [-0.2, 0) is 11.3 Å². The highest BCUT2D eigenvalue weighted by atomic mass is 79.9. The second-order valence-corrected chi connectivity index (χ2v) is 7.69. The van der Waals surface area contributed by atoms with Crippen LogP contribution >= 0.6 is 27.7 Å². The van der Waals surface area contributed by atoms with Crippen molar-refractivity contribution in [2.45, 2.75) is 6.54 Å². The fraction of sp³-hybridized carbons (Fsp3) is 0.143. The van der Waals surface area contributed by atoms with Crippen molar-refractivity contribution in [2.24, 2.45) is 0 Å². The Balaban J connectivity index is 1.90. The molecule has 28 heavy (non-hydrogen) atoms. The normalized spacial score (nSPS) is 15.2. The third-order valence-electron chi connectivity index (χ3n) is 4.02. The average Bonchev–Trinajstić information content (AvgIpc) is 2.95. The van der Waals surface area contributed by atoms with Crippen LogP contribution in [0.5, 0.6) is 11.5 Å². The predicted octanol–water partition coefficient (Wildman–Crippen LogP) is 5.26. The van der Waals surface area contributed by atoms with Crippen LogP contribution in [0.4, 0.5) is 4.79 Å². The first-order chi connectivity index (χ1) is 13.5. The third kappa shape index (κ3) is 4.31. The first kappa shape index (κ1) is 20.2. The number of para-hydroxylation sites is 1. The zero-order valence-electron chi connectivity index (χ0n) is 15.2. The number of halogens is 1. The Morgan fingerprint density at radius 3 is 2.68 bits per heavy atom. The second-order valence-electron chi connectivity index (χ2n) is 5.84. The van der Waals surface area contributed by atoms with Gasteiger partial charge < -0.3 is 9.47 Å². The maximum absolute atomic E-state index is 12.8. The van der Waals surface area contributed by atoms with E-state index in [0.717, 1.165) is 21.8 Å². The summed E-state index contributed by atoms with van der Waals surface area (Å²) in [6, 6.07) is 12.9. The lowest BCUT2D eigenvalue weighted by Gasteiger charge is -2.14. The lowest BCUT2D eigenvalue weighted by Crippen LogP contribution is -2.27. The van der Waals surface area contributed by atoms with E-state index in [2.05, 4.69) is 22.5 Å². The SMILES string of the molecule is C=CCOc1c(/C=C2\SC(=O)N(Cc3ccccc3Br)C2=O)cccc1OC. The number of ether oxygens (including phenoxy) is 2. The van der Waals surface area contributed by atoms with E-state index in [1.807, 2.05) is 30.3 Å². The molecule has 3 rings (SSSR count). The van der Waals surface area contributed by atoms with Gasteiger partial charge in [-0.05, 0) is 35.5 Å². The van der Waals surface area contributed by atoms with Gasteiger partial charge >= 0.3 is 0 Å². The molecule has 0 saturated carbocycles. The summed E-state index contributed by atoms with van der Waals surface area (Å²) < 4.78 is 11.9. The van der Waals surface area contributed by atoms with E-state index in [0.29, 0.717) is 28.6 Å². The van der Waals surface area contributed by atoms with Gasteiger partial charge in [-0.3, -0.25) is 14.5 Å². The predicted molar refractivity (Wildman–Crippen MR) is 114 cm³/mol. The van der Waals surface area contributed by atoms with Crippen molar-refractivity contribution < 1.29 is 19.1 Å². The van der Waals surface area contributed by atoms with Crippen molar-refractivity contribution in [3.63, 3.8) is 0 Å². The van der Waals surface area contributed by atoms with E-state index >= 15 is 0 Å². The van der Waals surface area contributed by atoms with Crippen LogP contribution in [0.3, 0.4) is 0 Å². The summed E-state index contributed by atoms with van der Waals surface area (Å²) in [6.07, 6.45) is 3.29. The van der Waals surface area contributed by atoms with Crippen LogP contribution in [0.25, 0.3) is 6.08 Å². The maximum Gasteiger partial charge on any atom is 0.293 e. The number of hydrogen-bond acceptors (Lipinski definition) is 5. The molecular weight excluding hydrogens is 442 g/mol. The third-order valence-corrected chi connectivity index (χ3v) is 5.70. The van der Waals surface area contributed by atoms with Gasteiger partial charge in [0.15, 0.2) is 11.5 Å². The van der Waals surface area contributed by atoms with E-state index in [-0.39, 0.29) is 17.7 Å². The van der Waals surface area contributed by atoms with Crippen molar-refractivity contribution in [1.82, 2.24) is 4.90 Å². The monoisotopic (exact) mass is 459 g/mol. The molecule has 0 atom stereocenters. The zero-order chi connectivity index (χ0) is 20.1. The van der Waals surface area contributed by atoms with Crippen LogP contribution in [0, 0.1) is 0 Å². The molecule has 0 unspecified atom stereocenters. The molecule has 1 aliphatic heterocycles. The van der Waals surface area contributed by atoms with Gasteiger partial charge in [-0.15, -0.1) is 0 Å². The van der Waals surface area contributed by atoms with Gasteiger partial charge in [-0.25, -0.2) is 0 Å². The van der Waals surface area contributed by atoms with E-state index in [4.69, 9.17) is 9.47 Å². The van der Waals surface area contributed by atoms with Gasteiger partial charge in [0.05, 0.1) is 18.6 Å². The minimum absolute atomic E-state index is 0.210. The number of hydrogen-bond donors (Lipinski definition) is 0. The molecule has 2 amide bonds. The van der Waals surface area contributed by atoms with Crippen LogP contribution in [0.15, 0.2) is 64.5 Å². The summed E-state index contributed by atoms with van der Waals surface area (Å²) >= 11 is 4.37. The summed E-state index contributed by atoms with van der Waals surface area (Å²) in [4.78, 5) is 26.8. The Morgan fingerprint density at radius 2 is 1.96 bits per heavy atom. The molecule has 7 heteroatoms. The summed E-state index contributed by atoms with van der Waals surface area (Å²) in [5.41, 5.74) is 1.52. The number of carbonyl (C=O) groups excluding carboxylic acids is 2. The smallest absolute Gasteiger partial charge is 0.293 e. The molecule has 0 aromatic heterocycles. The number of amides is 2. The highest BCUT2D eigenvalue weighted by Gasteiger charge is 2.35. The van der Waals surface area contributed by atoms with Gasteiger partial charge in [-0.2, -0.15) is 0 Å². The Kier molecular flexibility index (Phi) is 6.59. The molecule has 144 valence electrons. The highest BCUT2D eigenvalue weighted by Crippen LogP contribution is 2.38. The van der Waals surface area contributed by atoms with Crippen molar-refractivity contribution in [1.29, 1.82) is 0 Å². The molecule has 1 fully saturated rings. The number of methoxy groups -OCH3 is 1. The lowest BCUT2D eigenvalue weighted by atomic mass is 10.1. The Labute approximate surface area is 176 Å².